The fourth-order valence-corrected chi connectivity index (χ4v) is 4.70. The largest absolute Gasteiger partial charge is 0.481 e. The monoisotopic (exact) mass is 424 g/mol. The zero-order chi connectivity index (χ0) is 20.3. The standard InChI is InChI=1S/C19H18F2N2O3S2/c1-2-3-11-8-16(27-10-11)23(15(24)6-7-17(25)26)9-14-22-13-5-4-12(20)18(21)19(13)28-14/h4-5,8,10H,2-3,6-7,9H2,1H3,(H,25,26). The van der Waals surface area contributed by atoms with E-state index in [1.165, 1.54) is 22.3 Å². The number of nitrogens with zero attached hydrogens (tertiary/aromatic N) is 2. The third-order valence-electron chi connectivity index (χ3n) is 4.09. The van der Waals surface area contributed by atoms with Gasteiger partial charge in [-0.2, -0.15) is 0 Å². The van der Waals surface area contributed by atoms with Crippen molar-refractivity contribution in [3.8, 4) is 0 Å². The predicted octanol–water partition coefficient (Wildman–Crippen LogP) is 4.99. The average Bonchev–Trinajstić information content (AvgIpc) is 3.28. The Morgan fingerprint density at radius 1 is 1.25 bits per heavy atom. The van der Waals surface area contributed by atoms with Gasteiger partial charge in [-0.1, -0.05) is 13.3 Å². The lowest BCUT2D eigenvalue weighted by atomic mass is 10.2. The normalized spacial score (nSPS) is 11.1. The van der Waals surface area contributed by atoms with Gasteiger partial charge in [0, 0.05) is 6.42 Å². The van der Waals surface area contributed by atoms with Crippen LogP contribution in [0.25, 0.3) is 10.2 Å². The highest BCUT2D eigenvalue weighted by molar-refractivity contribution is 7.18. The van der Waals surface area contributed by atoms with Gasteiger partial charge >= 0.3 is 5.97 Å². The number of aryl methyl sites for hydroxylation is 1. The molecule has 3 aromatic rings. The Morgan fingerprint density at radius 3 is 2.75 bits per heavy atom. The van der Waals surface area contributed by atoms with E-state index in [1.54, 1.807) is 0 Å². The van der Waals surface area contributed by atoms with Crippen LogP contribution >= 0.6 is 22.7 Å². The SMILES string of the molecule is CCCc1csc(N(Cc2nc3ccc(F)c(F)c3s2)C(=O)CCC(=O)O)c1. The summed E-state index contributed by atoms with van der Waals surface area (Å²) in [5.41, 5.74) is 1.42. The minimum atomic E-state index is -1.05. The smallest absolute Gasteiger partial charge is 0.303 e. The maximum atomic E-state index is 14.0. The molecule has 3 rings (SSSR count). The first-order valence-electron chi connectivity index (χ1n) is 8.72. The number of benzene rings is 1. The number of anilines is 1. The van der Waals surface area contributed by atoms with Crippen LogP contribution < -0.4 is 4.90 Å². The van der Waals surface area contributed by atoms with Crippen molar-refractivity contribution in [1.29, 1.82) is 0 Å². The molecule has 2 heterocycles. The summed E-state index contributed by atoms with van der Waals surface area (Å²) in [6, 6.07) is 4.32. The van der Waals surface area contributed by atoms with Crippen molar-refractivity contribution in [2.24, 2.45) is 0 Å². The van der Waals surface area contributed by atoms with Gasteiger partial charge in [0.15, 0.2) is 11.6 Å². The minimum absolute atomic E-state index is 0.0743. The Morgan fingerprint density at radius 2 is 2.04 bits per heavy atom. The molecule has 0 unspecified atom stereocenters. The van der Waals surface area contributed by atoms with Gasteiger partial charge in [-0.3, -0.25) is 14.5 Å². The number of amides is 1. The first-order valence-corrected chi connectivity index (χ1v) is 10.4. The van der Waals surface area contributed by atoms with E-state index in [1.807, 2.05) is 11.4 Å². The Hall–Kier alpha value is -2.39. The van der Waals surface area contributed by atoms with Gasteiger partial charge in [0.25, 0.3) is 0 Å². The summed E-state index contributed by atoms with van der Waals surface area (Å²) in [6.07, 6.45) is 1.41. The van der Waals surface area contributed by atoms with Gasteiger partial charge in [0.05, 0.1) is 28.2 Å². The van der Waals surface area contributed by atoms with E-state index in [9.17, 15) is 18.4 Å². The molecule has 0 saturated heterocycles. The number of hydrogen-bond acceptors (Lipinski definition) is 5. The number of aromatic nitrogens is 1. The third-order valence-corrected chi connectivity index (χ3v) is 6.13. The number of carbonyl (C=O) groups is 2. The van der Waals surface area contributed by atoms with Crippen molar-refractivity contribution >= 4 is 49.8 Å². The number of thiazole rings is 1. The van der Waals surface area contributed by atoms with Crippen LogP contribution in [0.15, 0.2) is 23.6 Å². The van der Waals surface area contributed by atoms with Crippen LogP contribution in [-0.4, -0.2) is 22.0 Å². The summed E-state index contributed by atoms with van der Waals surface area (Å²) in [5, 5.41) is 12.0. The summed E-state index contributed by atoms with van der Waals surface area (Å²) >= 11 is 2.38. The van der Waals surface area contributed by atoms with Crippen LogP contribution in [0.4, 0.5) is 13.8 Å². The molecular weight excluding hydrogens is 406 g/mol. The number of rotatable bonds is 8. The minimum Gasteiger partial charge on any atom is -0.481 e. The van der Waals surface area contributed by atoms with Gasteiger partial charge < -0.3 is 5.11 Å². The number of thiophene rings is 1. The molecular formula is C19H18F2N2O3S2. The average molecular weight is 424 g/mol. The molecule has 0 spiro atoms. The maximum absolute atomic E-state index is 14.0. The van der Waals surface area contributed by atoms with Gasteiger partial charge in [-0.25, -0.2) is 13.8 Å². The zero-order valence-electron chi connectivity index (χ0n) is 15.1. The topological polar surface area (TPSA) is 70.5 Å². The second kappa shape index (κ2) is 8.74. The molecule has 5 nitrogen and oxygen atoms in total. The molecule has 1 amide bonds. The van der Waals surface area contributed by atoms with Crippen LogP contribution in [-0.2, 0) is 22.6 Å². The molecule has 28 heavy (non-hydrogen) atoms. The highest BCUT2D eigenvalue weighted by Gasteiger charge is 2.22. The molecule has 0 bridgehead atoms. The molecule has 9 heteroatoms. The van der Waals surface area contributed by atoms with E-state index in [-0.39, 0.29) is 30.0 Å². The van der Waals surface area contributed by atoms with Crippen molar-refractivity contribution in [2.45, 2.75) is 39.2 Å². The van der Waals surface area contributed by atoms with Crippen LogP contribution in [0.3, 0.4) is 0 Å². The molecule has 2 aromatic heterocycles. The molecule has 0 radical (unpaired) electrons. The second-order valence-electron chi connectivity index (χ2n) is 6.23. The number of aliphatic carboxylic acids is 1. The van der Waals surface area contributed by atoms with Gasteiger partial charge in [-0.05, 0) is 35.6 Å². The summed E-state index contributed by atoms with van der Waals surface area (Å²) < 4.78 is 27.5. The number of carboxylic acids is 1. The number of carboxylic acid groups (broad SMARTS) is 1. The lowest BCUT2D eigenvalue weighted by Gasteiger charge is -2.19. The molecule has 1 N–H and O–H groups in total. The van der Waals surface area contributed by atoms with Crippen molar-refractivity contribution in [1.82, 2.24) is 4.98 Å². The highest BCUT2D eigenvalue weighted by atomic mass is 32.1. The highest BCUT2D eigenvalue weighted by Crippen LogP contribution is 2.31. The fourth-order valence-electron chi connectivity index (χ4n) is 2.75. The molecule has 0 aliphatic heterocycles. The van der Waals surface area contributed by atoms with Crippen LogP contribution in [0.5, 0.6) is 0 Å². The first-order chi connectivity index (χ1) is 13.4. The fraction of sp³-hybridized carbons (Fsp3) is 0.316. The Bertz CT molecular complexity index is 1020. The Kier molecular flexibility index (Phi) is 6.35. The number of carbonyl (C=O) groups excluding carboxylic acids is 1. The van der Waals surface area contributed by atoms with Gasteiger partial charge in [-0.15, -0.1) is 22.7 Å². The molecule has 0 saturated carbocycles. The van der Waals surface area contributed by atoms with Crippen LogP contribution in [0.1, 0.15) is 36.8 Å². The molecule has 0 fully saturated rings. The van der Waals surface area contributed by atoms with Crippen molar-refractivity contribution in [3.63, 3.8) is 0 Å². The van der Waals surface area contributed by atoms with Crippen LogP contribution in [0, 0.1) is 11.6 Å². The van der Waals surface area contributed by atoms with Crippen LogP contribution in [0.2, 0.25) is 0 Å². The lowest BCUT2D eigenvalue weighted by molar-refractivity contribution is -0.138. The summed E-state index contributed by atoms with van der Waals surface area (Å²) in [7, 11) is 0. The van der Waals surface area contributed by atoms with E-state index < -0.39 is 17.6 Å². The second-order valence-corrected chi connectivity index (χ2v) is 8.21. The quantitative estimate of drug-likeness (QED) is 0.553. The summed E-state index contributed by atoms with van der Waals surface area (Å²) in [4.78, 5) is 29.3. The number of fused-ring (bicyclic) bond motifs is 1. The molecule has 148 valence electrons. The van der Waals surface area contributed by atoms with E-state index in [4.69, 9.17) is 5.11 Å². The Labute approximate surface area is 168 Å². The Balaban J connectivity index is 1.90. The first kappa shape index (κ1) is 20.3. The molecule has 1 aromatic carbocycles. The summed E-state index contributed by atoms with van der Waals surface area (Å²) in [6.45, 7) is 2.13. The lowest BCUT2D eigenvalue weighted by Crippen LogP contribution is -2.30. The van der Waals surface area contributed by atoms with Crippen molar-refractivity contribution in [2.75, 3.05) is 4.90 Å². The maximum Gasteiger partial charge on any atom is 0.303 e. The third kappa shape index (κ3) is 4.53. The van der Waals surface area contributed by atoms with E-state index in [0.29, 0.717) is 15.5 Å². The predicted molar refractivity (Wildman–Crippen MR) is 106 cm³/mol. The summed E-state index contributed by atoms with van der Waals surface area (Å²) in [5.74, 6) is -3.30. The van der Waals surface area contributed by atoms with Crippen molar-refractivity contribution in [3.05, 3.63) is 45.8 Å². The van der Waals surface area contributed by atoms with E-state index >= 15 is 0 Å². The molecule has 0 atom stereocenters. The number of hydrogen-bond donors (Lipinski definition) is 1. The van der Waals surface area contributed by atoms with E-state index in [0.717, 1.165) is 35.8 Å². The molecule has 0 aliphatic carbocycles. The molecule has 0 aliphatic rings. The van der Waals surface area contributed by atoms with Gasteiger partial charge in [0.1, 0.15) is 5.01 Å². The van der Waals surface area contributed by atoms with E-state index in [2.05, 4.69) is 11.9 Å². The van der Waals surface area contributed by atoms with Crippen molar-refractivity contribution < 1.29 is 23.5 Å². The van der Waals surface area contributed by atoms with Gasteiger partial charge in [0.2, 0.25) is 5.91 Å². The zero-order valence-corrected chi connectivity index (χ0v) is 16.7. The number of halogens is 2.